The van der Waals surface area contributed by atoms with Crippen molar-refractivity contribution in [2.24, 2.45) is 10.2 Å². The zero-order valence-electron chi connectivity index (χ0n) is 26.6. The van der Waals surface area contributed by atoms with E-state index in [2.05, 4.69) is 20.1 Å². The molecule has 0 aliphatic carbocycles. The monoisotopic (exact) mass is 704 g/mol. The van der Waals surface area contributed by atoms with E-state index < -0.39 is 17.7 Å². The van der Waals surface area contributed by atoms with E-state index in [1.54, 1.807) is 36.4 Å². The zero-order valence-corrected chi connectivity index (χ0v) is 28.1. The lowest BCUT2D eigenvalue weighted by molar-refractivity contribution is 0.0515. The van der Waals surface area contributed by atoms with Crippen LogP contribution in [0.2, 0.25) is 10.0 Å². The number of hydrogen-bond acceptors (Lipinski definition) is 10. The van der Waals surface area contributed by atoms with E-state index in [1.807, 2.05) is 6.07 Å². The molecule has 0 radical (unpaired) electrons. The molecule has 49 heavy (non-hydrogen) atoms. The Labute approximate surface area is 291 Å². The summed E-state index contributed by atoms with van der Waals surface area (Å²) in [5.41, 5.74) is 9.83. The lowest BCUT2D eigenvalue weighted by Gasteiger charge is -2.37. The van der Waals surface area contributed by atoms with Crippen molar-refractivity contribution >= 4 is 52.3 Å². The van der Waals surface area contributed by atoms with E-state index in [9.17, 15) is 9.59 Å². The fourth-order valence-electron chi connectivity index (χ4n) is 6.89. The maximum absolute atomic E-state index is 15.9. The van der Waals surface area contributed by atoms with Crippen LogP contribution < -0.4 is 15.4 Å². The summed E-state index contributed by atoms with van der Waals surface area (Å²) in [6.07, 6.45) is 3.35. The molecule has 4 aromatic rings. The van der Waals surface area contributed by atoms with Crippen molar-refractivity contribution in [3.8, 4) is 28.0 Å². The molecule has 0 spiro atoms. The molecular formula is C35H31Cl2FN6O5. The number of hydrogen-bond donors (Lipinski definition) is 1. The van der Waals surface area contributed by atoms with Gasteiger partial charge < -0.3 is 29.7 Å². The number of nitrogen functional groups attached to an aromatic ring is 1. The highest BCUT2D eigenvalue weighted by Gasteiger charge is 2.40. The average Bonchev–Trinajstić information content (AvgIpc) is 3.34. The highest BCUT2D eigenvalue weighted by Crippen LogP contribution is 2.44. The Balaban J connectivity index is 1.20. The van der Waals surface area contributed by atoms with Crippen LogP contribution in [0.5, 0.6) is 5.75 Å². The van der Waals surface area contributed by atoms with Crippen molar-refractivity contribution in [2.45, 2.75) is 31.5 Å². The summed E-state index contributed by atoms with van der Waals surface area (Å²) in [4.78, 5) is 34.3. The molecule has 2 N–H and O–H groups in total. The molecule has 4 heterocycles. The van der Waals surface area contributed by atoms with Gasteiger partial charge in [-0.15, -0.1) is 0 Å². The van der Waals surface area contributed by atoms with Gasteiger partial charge in [-0.1, -0.05) is 41.4 Å². The van der Waals surface area contributed by atoms with Gasteiger partial charge in [-0.05, 0) is 48.7 Å². The number of pyridine rings is 1. The minimum Gasteiger partial charge on any atom is -0.472 e. The smallest absolute Gasteiger partial charge is 0.340 e. The largest absolute Gasteiger partial charge is 0.472 e. The standard InChI is InChI=1S/C35H31Cl2FN6O5/c1-40-42-31-22(8-9-41-33(31)39)19-10-26(36)30(27(37)11-19)34(45)43-14-18-4-3-5-23(32(18)49-17-43)24-13-29(25(12-28(24)38)35(46)47-2)44-20-6-7-21(44)16-48-15-20/h3-5,8-13,20-21H,6-7,14-17H2,1-2H3,(H2,39,41). The predicted molar refractivity (Wildman–Crippen MR) is 183 cm³/mol. The highest BCUT2D eigenvalue weighted by atomic mass is 35.5. The molecule has 2 unspecified atom stereocenters. The van der Waals surface area contributed by atoms with Crippen LogP contribution in [-0.4, -0.2) is 67.9 Å². The van der Waals surface area contributed by atoms with Crippen molar-refractivity contribution in [2.75, 3.05) is 44.7 Å². The van der Waals surface area contributed by atoms with Crippen LogP contribution in [0.25, 0.3) is 22.3 Å². The van der Waals surface area contributed by atoms with Crippen molar-refractivity contribution in [1.29, 1.82) is 0 Å². The third kappa shape index (κ3) is 5.83. The Hall–Kier alpha value is -4.78. The number of halogens is 3. The van der Waals surface area contributed by atoms with Crippen LogP contribution >= 0.6 is 23.2 Å². The minimum atomic E-state index is -0.617. The van der Waals surface area contributed by atoms with Gasteiger partial charge in [0.15, 0.2) is 12.5 Å². The number of morpholine rings is 1. The molecule has 3 aromatic carbocycles. The molecule has 11 nitrogen and oxygen atoms in total. The van der Waals surface area contributed by atoms with Gasteiger partial charge >= 0.3 is 5.97 Å². The number of fused-ring (bicyclic) bond motifs is 3. The number of ether oxygens (including phenoxy) is 3. The second-order valence-electron chi connectivity index (χ2n) is 11.9. The van der Waals surface area contributed by atoms with Crippen LogP contribution in [0.1, 0.15) is 39.1 Å². The van der Waals surface area contributed by atoms with Crippen LogP contribution in [0.15, 0.2) is 65.0 Å². The number of benzene rings is 3. The number of nitrogens with zero attached hydrogens (tertiary/aromatic N) is 5. The molecular weight excluding hydrogens is 674 g/mol. The summed E-state index contributed by atoms with van der Waals surface area (Å²) in [5.74, 6) is -1.04. The Morgan fingerprint density at radius 2 is 1.78 bits per heavy atom. The second kappa shape index (κ2) is 13.3. The Kier molecular flexibility index (Phi) is 8.86. The molecule has 7 rings (SSSR count). The number of aromatic nitrogens is 1. The van der Waals surface area contributed by atoms with Gasteiger partial charge in [0.25, 0.3) is 5.91 Å². The number of para-hydroxylation sites is 1. The van der Waals surface area contributed by atoms with E-state index in [0.29, 0.717) is 52.6 Å². The minimum absolute atomic E-state index is 0.0698. The molecule has 3 aliphatic rings. The number of rotatable bonds is 6. The molecule has 2 bridgehead atoms. The number of esters is 1. The van der Waals surface area contributed by atoms with E-state index in [1.165, 1.54) is 31.3 Å². The van der Waals surface area contributed by atoms with Crippen LogP contribution in [-0.2, 0) is 16.0 Å². The van der Waals surface area contributed by atoms with Gasteiger partial charge in [0.05, 0.1) is 65.8 Å². The predicted octanol–water partition coefficient (Wildman–Crippen LogP) is 7.30. The fraction of sp³-hybridized carbons (Fsp3) is 0.286. The first-order valence-electron chi connectivity index (χ1n) is 15.6. The van der Waals surface area contributed by atoms with E-state index in [0.717, 1.165) is 12.8 Å². The second-order valence-corrected chi connectivity index (χ2v) is 12.8. The van der Waals surface area contributed by atoms with Gasteiger partial charge in [-0.3, -0.25) is 4.79 Å². The van der Waals surface area contributed by atoms with Crippen LogP contribution in [0, 0.1) is 5.82 Å². The van der Waals surface area contributed by atoms with Crippen molar-refractivity contribution < 1.29 is 28.2 Å². The topological polar surface area (TPSA) is 132 Å². The number of azo groups is 1. The normalized spacial score (nSPS) is 18.4. The molecule has 2 saturated heterocycles. The Morgan fingerprint density at radius 1 is 1.04 bits per heavy atom. The maximum Gasteiger partial charge on any atom is 0.340 e. The molecule has 2 atom stereocenters. The van der Waals surface area contributed by atoms with Crippen molar-refractivity contribution in [1.82, 2.24) is 9.88 Å². The van der Waals surface area contributed by atoms with Gasteiger partial charge in [-0.25, -0.2) is 14.2 Å². The van der Waals surface area contributed by atoms with Crippen LogP contribution in [0.3, 0.4) is 0 Å². The lowest BCUT2D eigenvalue weighted by Crippen LogP contribution is -2.46. The Bertz CT molecular complexity index is 1990. The molecule has 1 amide bonds. The lowest BCUT2D eigenvalue weighted by atomic mass is 9.96. The first-order valence-corrected chi connectivity index (χ1v) is 16.3. The molecule has 1 aromatic heterocycles. The Morgan fingerprint density at radius 3 is 2.47 bits per heavy atom. The van der Waals surface area contributed by atoms with Crippen molar-refractivity contribution in [3.63, 3.8) is 0 Å². The molecule has 14 heteroatoms. The van der Waals surface area contributed by atoms with E-state index >= 15 is 4.39 Å². The summed E-state index contributed by atoms with van der Waals surface area (Å²) < 4.78 is 32.8. The highest BCUT2D eigenvalue weighted by molar-refractivity contribution is 6.40. The zero-order chi connectivity index (χ0) is 34.4. The first-order chi connectivity index (χ1) is 23.7. The number of anilines is 2. The third-order valence-corrected chi connectivity index (χ3v) is 9.72. The summed E-state index contributed by atoms with van der Waals surface area (Å²) in [6, 6.07) is 13.3. The van der Waals surface area contributed by atoms with Crippen LogP contribution in [0.4, 0.5) is 21.6 Å². The van der Waals surface area contributed by atoms with Crippen molar-refractivity contribution in [3.05, 3.63) is 87.3 Å². The number of methoxy groups -OCH3 is 1. The maximum atomic E-state index is 15.9. The summed E-state index contributed by atoms with van der Waals surface area (Å²) in [5, 5.41) is 8.16. The number of carbonyl (C=O) groups is 2. The SMILES string of the molecule is CN=Nc1c(-c2cc(Cl)c(C(=O)N3COc4c(cccc4-c4cc(N5C6CCC5COC6)c(C(=O)OC)cc4F)C3)c(Cl)c2)ccnc1N. The number of carbonyl (C=O) groups excluding carboxylic acids is 2. The number of nitrogens with two attached hydrogens (primary N) is 1. The molecule has 0 saturated carbocycles. The average molecular weight is 706 g/mol. The van der Waals surface area contributed by atoms with E-state index in [-0.39, 0.29) is 57.9 Å². The van der Waals surface area contributed by atoms with E-state index in [4.69, 9.17) is 43.1 Å². The summed E-state index contributed by atoms with van der Waals surface area (Å²) in [7, 11) is 2.80. The first kappa shape index (κ1) is 32.8. The quantitative estimate of drug-likeness (QED) is 0.163. The van der Waals surface area contributed by atoms with Gasteiger partial charge in [0, 0.05) is 35.5 Å². The molecule has 2 fully saturated rings. The van der Waals surface area contributed by atoms with Gasteiger partial charge in [0.2, 0.25) is 0 Å². The summed E-state index contributed by atoms with van der Waals surface area (Å²) in [6.45, 7) is 1.07. The molecule has 3 aliphatic heterocycles. The van der Waals surface area contributed by atoms with Gasteiger partial charge in [0.1, 0.15) is 17.3 Å². The third-order valence-electron chi connectivity index (χ3n) is 9.13. The summed E-state index contributed by atoms with van der Waals surface area (Å²) >= 11 is 13.4. The van der Waals surface area contributed by atoms with Gasteiger partial charge in [-0.2, -0.15) is 10.2 Å². The number of amides is 1. The molecule has 252 valence electrons. The fourth-order valence-corrected chi connectivity index (χ4v) is 7.54.